The smallest absolute Gasteiger partial charge is 0.407 e. The van der Waals surface area contributed by atoms with Crippen molar-refractivity contribution < 1.29 is 42.0 Å². The summed E-state index contributed by atoms with van der Waals surface area (Å²) in [5.74, 6) is -1.28. The first-order chi connectivity index (χ1) is 27.1. The number of amidine groups is 1. The summed E-state index contributed by atoms with van der Waals surface area (Å²) < 4.78 is 35.9. The van der Waals surface area contributed by atoms with Crippen LogP contribution in [0, 0.1) is 5.92 Å². The molecule has 0 aliphatic carbocycles. The number of ether oxygens (including phenoxy) is 1. The first-order valence-electron chi connectivity index (χ1n) is 19.1. The number of nitrogens with zero attached hydrogens (tertiary/aromatic N) is 2. The molecule has 3 aromatic carbocycles. The number of nitrogens with one attached hydrogen (secondary N) is 3. The van der Waals surface area contributed by atoms with Crippen LogP contribution in [0.25, 0.3) is 0 Å². The fourth-order valence-corrected chi connectivity index (χ4v) is 7.45. The van der Waals surface area contributed by atoms with Gasteiger partial charge in [0.2, 0.25) is 15.9 Å². The zero-order valence-corrected chi connectivity index (χ0v) is 33.8. The van der Waals surface area contributed by atoms with Gasteiger partial charge in [-0.3, -0.25) is 4.79 Å². The summed E-state index contributed by atoms with van der Waals surface area (Å²) in [6, 6.07) is 20.8. The average Bonchev–Trinajstić information content (AvgIpc) is 3.17. The second-order valence-electron chi connectivity index (χ2n) is 14.9. The molecule has 0 saturated carbocycles. The Morgan fingerprint density at radius 1 is 0.895 bits per heavy atom. The Kier molecular flexibility index (Phi) is 16.6. The van der Waals surface area contributed by atoms with Gasteiger partial charge in [0, 0.05) is 38.7 Å². The minimum absolute atomic E-state index is 0.00796. The molecule has 0 radical (unpaired) electrons. The Hall–Kier alpha value is -5.32. The van der Waals surface area contributed by atoms with Crippen LogP contribution in [-0.4, -0.2) is 80.9 Å². The molecular weight excluding hydrogens is 753 g/mol. The number of sulfonamides is 1. The number of likely N-dealkylation sites (tertiary alicyclic amines) is 1. The first-order valence-corrected chi connectivity index (χ1v) is 20.5. The van der Waals surface area contributed by atoms with Crippen LogP contribution in [0.5, 0.6) is 0 Å². The zero-order chi connectivity index (χ0) is 41.4. The number of oxime groups is 1. The van der Waals surface area contributed by atoms with Gasteiger partial charge in [-0.05, 0) is 113 Å². The van der Waals surface area contributed by atoms with Gasteiger partial charge in [-0.2, -0.15) is 10.2 Å². The van der Waals surface area contributed by atoms with Crippen LogP contribution < -0.4 is 21.3 Å². The predicted octanol–water partition coefficient (Wildman–Crippen LogP) is 4.60. The Balaban J connectivity index is 1.40. The molecule has 1 saturated heterocycles. The van der Waals surface area contributed by atoms with Gasteiger partial charge in [-0.15, -0.1) is 0 Å². The van der Waals surface area contributed by atoms with Crippen molar-refractivity contribution in [3.8, 4) is 0 Å². The third-order valence-corrected chi connectivity index (χ3v) is 10.5. The maximum absolute atomic E-state index is 14.2. The van der Waals surface area contributed by atoms with Crippen molar-refractivity contribution in [2.45, 2.75) is 89.2 Å². The number of amides is 2. The highest BCUT2D eigenvalue weighted by atomic mass is 32.2. The summed E-state index contributed by atoms with van der Waals surface area (Å²) >= 11 is 0. The number of alkyl carbamates (subject to hydrolysis) is 1. The van der Waals surface area contributed by atoms with Gasteiger partial charge in [-0.1, -0.05) is 53.7 Å². The van der Waals surface area contributed by atoms with Gasteiger partial charge >= 0.3 is 18.0 Å². The Bertz CT molecular complexity index is 1960. The second kappa shape index (κ2) is 21.3. The molecule has 0 aromatic heterocycles. The van der Waals surface area contributed by atoms with E-state index < -0.39 is 39.7 Å². The maximum Gasteiger partial charge on any atom is 0.407 e. The van der Waals surface area contributed by atoms with E-state index in [1.807, 2.05) is 12.1 Å². The number of aryl methyl sites for hydroxylation is 1. The van der Waals surface area contributed by atoms with Crippen LogP contribution >= 0.6 is 0 Å². The molecule has 1 fully saturated rings. The standard InChI is InChI=1S/C41H54N6O9S/c1-29(48)55-45-37(42)34-17-10-14-32(26-34)28-36(38(49)47-24-20-30(21-25-47)19-23-43-40(51)54-41(2,3)4)46-57(52,53)35-18-11-13-31(27-35)12-8-9-22-44-56-39(50)33-15-6-5-7-16-33/h5-7,10-11,13-18,26-27,30,36,44,46H,8-9,12,19-25,28H2,1-4H3,(H2,42,45)(H,43,51)/t36-/m0/s1. The third kappa shape index (κ3) is 15.3. The van der Waals surface area contributed by atoms with E-state index in [1.165, 1.54) is 13.0 Å². The number of piperidine rings is 1. The van der Waals surface area contributed by atoms with Crippen molar-refractivity contribution in [3.63, 3.8) is 0 Å². The minimum atomic E-state index is -4.17. The van der Waals surface area contributed by atoms with E-state index in [0.717, 1.165) is 12.0 Å². The Morgan fingerprint density at radius 2 is 1.58 bits per heavy atom. The Labute approximate surface area is 334 Å². The average molecular weight is 807 g/mol. The largest absolute Gasteiger partial charge is 0.444 e. The monoisotopic (exact) mass is 806 g/mol. The van der Waals surface area contributed by atoms with Crippen molar-refractivity contribution in [2.24, 2.45) is 16.8 Å². The number of hydrogen-bond donors (Lipinski definition) is 4. The molecule has 1 aliphatic heterocycles. The summed E-state index contributed by atoms with van der Waals surface area (Å²) in [5, 5.41) is 6.43. The summed E-state index contributed by atoms with van der Waals surface area (Å²) in [7, 11) is -4.17. The molecule has 57 heavy (non-hydrogen) atoms. The summed E-state index contributed by atoms with van der Waals surface area (Å²) in [5.41, 5.74) is 10.4. The number of hydroxylamine groups is 1. The van der Waals surface area contributed by atoms with Crippen LogP contribution in [0.2, 0.25) is 0 Å². The van der Waals surface area contributed by atoms with Crippen molar-refractivity contribution in [2.75, 3.05) is 26.2 Å². The highest BCUT2D eigenvalue weighted by Crippen LogP contribution is 2.23. The molecule has 16 heteroatoms. The molecule has 0 spiro atoms. The molecule has 3 aromatic rings. The summed E-state index contributed by atoms with van der Waals surface area (Å²) in [6.45, 7) is 8.30. The van der Waals surface area contributed by atoms with Crippen LogP contribution in [0.1, 0.15) is 86.8 Å². The molecule has 5 N–H and O–H groups in total. The van der Waals surface area contributed by atoms with E-state index in [2.05, 4.69) is 25.5 Å². The topological polar surface area (TPSA) is 208 Å². The number of carbonyl (C=O) groups is 4. The van der Waals surface area contributed by atoms with Crippen molar-refractivity contribution in [1.29, 1.82) is 0 Å². The fraction of sp³-hybridized carbons (Fsp3) is 0.439. The SMILES string of the molecule is CC(=O)O/N=C(/N)c1cccc(C[C@H](NS(=O)(=O)c2cccc(CCCCNOC(=O)c3ccccc3)c2)C(=O)N2CCC(CCNC(=O)OC(C)(C)C)CC2)c1. The van der Waals surface area contributed by atoms with Crippen LogP contribution in [0.4, 0.5) is 4.79 Å². The number of benzene rings is 3. The summed E-state index contributed by atoms with van der Waals surface area (Å²) in [6.07, 6.45) is 3.56. The van der Waals surface area contributed by atoms with Crippen molar-refractivity contribution >= 4 is 39.8 Å². The predicted molar refractivity (Wildman–Crippen MR) is 214 cm³/mol. The molecule has 2 amide bonds. The maximum atomic E-state index is 14.2. The van der Waals surface area contributed by atoms with Gasteiger partial charge in [-0.25, -0.2) is 22.8 Å². The number of unbranched alkanes of at least 4 members (excludes halogenated alkanes) is 1. The van der Waals surface area contributed by atoms with E-state index in [4.69, 9.17) is 15.3 Å². The van der Waals surface area contributed by atoms with E-state index in [1.54, 1.807) is 86.3 Å². The van der Waals surface area contributed by atoms with Crippen molar-refractivity contribution in [3.05, 3.63) is 101 Å². The Morgan fingerprint density at radius 3 is 2.28 bits per heavy atom. The van der Waals surface area contributed by atoms with Crippen LogP contribution in [0.3, 0.4) is 0 Å². The van der Waals surface area contributed by atoms with Gasteiger partial charge in [0.1, 0.15) is 11.6 Å². The normalized spacial score (nSPS) is 14.4. The minimum Gasteiger partial charge on any atom is -0.444 e. The second-order valence-corrected chi connectivity index (χ2v) is 16.6. The molecule has 1 atom stereocenters. The van der Waals surface area contributed by atoms with Gasteiger partial charge in [0.15, 0.2) is 5.84 Å². The lowest BCUT2D eigenvalue weighted by Crippen LogP contribution is -2.51. The zero-order valence-electron chi connectivity index (χ0n) is 33.0. The lowest BCUT2D eigenvalue weighted by Gasteiger charge is -2.34. The number of nitrogens with two attached hydrogens (primary N) is 1. The highest BCUT2D eigenvalue weighted by Gasteiger charge is 2.32. The summed E-state index contributed by atoms with van der Waals surface area (Å²) in [4.78, 5) is 61.1. The van der Waals surface area contributed by atoms with Gasteiger partial charge < -0.3 is 30.4 Å². The lowest BCUT2D eigenvalue weighted by atomic mass is 9.93. The quantitative estimate of drug-likeness (QED) is 0.0460. The van der Waals surface area contributed by atoms with E-state index in [0.29, 0.717) is 75.0 Å². The van der Waals surface area contributed by atoms with E-state index >= 15 is 0 Å². The van der Waals surface area contributed by atoms with Gasteiger partial charge in [0.25, 0.3) is 0 Å². The van der Waals surface area contributed by atoms with E-state index in [9.17, 15) is 27.6 Å². The van der Waals surface area contributed by atoms with E-state index in [-0.39, 0.29) is 29.0 Å². The molecular formula is C41H54N6O9S. The van der Waals surface area contributed by atoms with Crippen LogP contribution in [-0.2, 0) is 46.9 Å². The number of hydrogen-bond acceptors (Lipinski definition) is 11. The number of rotatable bonds is 18. The van der Waals surface area contributed by atoms with Gasteiger partial charge in [0.05, 0.1) is 10.5 Å². The molecule has 15 nitrogen and oxygen atoms in total. The lowest BCUT2D eigenvalue weighted by molar-refractivity contribution is -0.141. The highest BCUT2D eigenvalue weighted by molar-refractivity contribution is 7.89. The molecule has 0 unspecified atom stereocenters. The van der Waals surface area contributed by atoms with Crippen molar-refractivity contribution in [1.82, 2.24) is 20.4 Å². The molecule has 1 heterocycles. The van der Waals surface area contributed by atoms with Crippen LogP contribution in [0.15, 0.2) is 88.9 Å². The molecule has 4 rings (SSSR count). The third-order valence-electron chi connectivity index (χ3n) is 9.06. The first kappa shape index (κ1) is 44.4. The number of carbonyl (C=O) groups excluding carboxylic acids is 4. The molecule has 0 bridgehead atoms. The molecule has 308 valence electrons. The molecule has 1 aliphatic rings. The fourth-order valence-electron chi connectivity index (χ4n) is 6.19.